The van der Waals surface area contributed by atoms with Crippen LogP contribution in [-0.4, -0.2) is 35.7 Å². The van der Waals surface area contributed by atoms with Gasteiger partial charge in [-0.3, -0.25) is 9.59 Å². The Balaban J connectivity index is 1.96. The molecule has 1 aromatic heterocycles. The van der Waals surface area contributed by atoms with Gasteiger partial charge < -0.3 is 14.5 Å². The van der Waals surface area contributed by atoms with Gasteiger partial charge in [0.05, 0.1) is 5.69 Å². The monoisotopic (exact) mass is 391 g/mol. The van der Waals surface area contributed by atoms with Gasteiger partial charge >= 0.3 is 5.97 Å². The van der Waals surface area contributed by atoms with Crippen LogP contribution >= 0.6 is 11.6 Å². The lowest BCUT2D eigenvalue weighted by molar-refractivity contribution is -0.144. The van der Waals surface area contributed by atoms with Crippen LogP contribution in [0.4, 0.5) is 0 Å². The highest BCUT2D eigenvalue weighted by Gasteiger charge is 2.21. The van der Waals surface area contributed by atoms with Crippen LogP contribution in [0, 0.1) is 27.7 Å². The number of hydrogen-bond acceptors (Lipinski definition) is 5. The fourth-order valence-electron chi connectivity index (χ4n) is 3.07. The van der Waals surface area contributed by atoms with E-state index in [0.717, 1.165) is 11.1 Å². The average Bonchev–Trinajstić information content (AvgIpc) is 2.86. The Morgan fingerprint density at radius 3 is 2.15 bits per heavy atom. The second-order valence-corrected chi connectivity index (χ2v) is 6.86. The highest BCUT2D eigenvalue weighted by molar-refractivity contribution is 6.30. The van der Waals surface area contributed by atoms with Crippen molar-refractivity contribution in [2.45, 2.75) is 34.6 Å². The molecule has 7 heteroatoms. The van der Waals surface area contributed by atoms with E-state index in [4.69, 9.17) is 21.1 Å². The van der Waals surface area contributed by atoms with Gasteiger partial charge in [0.1, 0.15) is 5.75 Å². The van der Waals surface area contributed by atoms with Gasteiger partial charge in [0, 0.05) is 16.3 Å². The fourth-order valence-corrected chi connectivity index (χ4v) is 3.40. The molecule has 0 aliphatic rings. The summed E-state index contributed by atoms with van der Waals surface area (Å²) in [4.78, 5) is 38.8. The van der Waals surface area contributed by atoms with E-state index < -0.39 is 18.4 Å². The molecule has 0 radical (unpaired) electrons. The molecule has 1 aromatic carbocycles. The number of aryl methyl sites for hydroxylation is 3. The number of carbonyl (C=O) groups excluding carboxylic acids is 3. The number of H-pyrrole nitrogens is 1. The highest BCUT2D eigenvalue weighted by Crippen LogP contribution is 2.27. The number of nitrogens with one attached hydrogen (secondary N) is 1. The predicted octanol–water partition coefficient (Wildman–Crippen LogP) is 3.91. The first-order valence-corrected chi connectivity index (χ1v) is 8.78. The van der Waals surface area contributed by atoms with Gasteiger partial charge in [-0.25, -0.2) is 4.79 Å². The standard InChI is InChI=1S/C20H22ClNO5/c1-10-6-15(21)7-11(2)20(10)27-9-17(25)26-8-16(24)19-12(3)18(14(5)23)13(4)22-19/h6-7,22H,8-9H2,1-5H3. The molecule has 27 heavy (non-hydrogen) atoms. The largest absolute Gasteiger partial charge is 0.481 e. The first-order valence-electron chi connectivity index (χ1n) is 8.40. The molecular formula is C20H22ClNO5. The quantitative estimate of drug-likeness (QED) is 0.571. The number of ketones is 2. The van der Waals surface area contributed by atoms with Gasteiger partial charge in [0.2, 0.25) is 5.78 Å². The van der Waals surface area contributed by atoms with Gasteiger partial charge in [0.25, 0.3) is 0 Å². The van der Waals surface area contributed by atoms with Crippen molar-refractivity contribution in [3.8, 4) is 5.75 Å². The normalized spacial score (nSPS) is 10.6. The summed E-state index contributed by atoms with van der Waals surface area (Å²) in [7, 11) is 0. The Bertz CT molecular complexity index is 890. The molecule has 0 fully saturated rings. The number of esters is 1. The van der Waals surface area contributed by atoms with Crippen molar-refractivity contribution in [3.63, 3.8) is 0 Å². The highest BCUT2D eigenvalue weighted by atomic mass is 35.5. The molecule has 0 aliphatic carbocycles. The molecule has 0 bridgehead atoms. The van der Waals surface area contributed by atoms with Gasteiger partial charge in [-0.05, 0) is 63.4 Å². The summed E-state index contributed by atoms with van der Waals surface area (Å²) in [6.07, 6.45) is 0. The third-order valence-corrected chi connectivity index (χ3v) is 4.41. The number of benzene rings is 1. The molecule has 2 aromatic rings. The molecule has 0 amide bonds. The molecule has 1 N–H and O–H groups in total. The van der Waals surface area contributed by atoms with E-state index in [1.165, 1.54) is 6.92 Å². The zero-order valence-corrected chi connectivity index (χ0v) is 16.7. The zero-order valence-electron chi connectivity index (χ0n) is 16.0. The van der Waals surface area contributed by atoms with Crippen LogP contribution in [0.5, 0.6) is 5.75 Å². The van der Waals surface area contributed by atoms with Crippen LogP contribution in [0.15, 0.2) is 12.1 Å². The summed E-state index contributed by atoms with van der Waals surface area (Å²) in [6, 6.07) is 3.48. The Hall–Kier alpha value is -2.60. The van der Waals surface area contributed by atoms with E-state index >= 15 is 0 Å². The lowest BCUT2D eigenvalue weighted by Gasteiger charge is -2.12. The molecule has 1 heterocycles. The smallest absolute Gasteiger partial charge is 0.344 e. The summed E-state index contributed by atoms with van der Waals surface area (Å²) in [5, 5.41) is 0.590. The van der Waals surface area contributed by atoms with Crippen LogP contribution in [0.1, 0.15) is 50.2 Å². The minimum absolute atomic E-state index is 0.126. The molecule has 0 unspecified atom stereocenters. The Kier molecular flexibility index (Phi) is 6.44. The number of aromatic amines is 1. The summed E-state index contributed by atoms with van der Waals surface area (Å²) >= 11 is 5.96. The van der Waals surface area contributed by atoms with E-state index in [9.17, 15) is 14.4 Å². The molecule has 0 atom stereocenters. The van der Waals surface area contributed by atoms with Crippen LogP contribution in [0.3, 0.4) is 0 Å². The van der Waals surface area contributed by atoms with Gasteiger partial charge in [-0.1, -0.05) is 11.6 Å². The third-order valence-electron chi connectivity index (χ3n) is 4.19. The number of ether oxygens (including phenoxy) is 2. The average molecular weight is 392 g/mol. The van der Waals surface area contributed by atoms with E-state index in [1.807, 2.05) is 13.8 Å². The topological polar surface area (TPSA) is 85.5 Å². The van der Waals surface area contributed by atoms with Crippen LogP contribution in [-0.2, 0) is 9.53 Å². The van der Waals surface area contributed by atoms with Crippen LogP contribution < -0.4 is 4.74 Å². The van der Waals surface area contributed by atoms with Crippen molar-refractivity contribution in [1.29, 1.82) is 0 Å². The lowest BCUT2D eigenvalue weighted by atomic mass is 10.1. The zero-order chi connectivity index (χ0) is 20.3. The minimum Gasteiger partial charge on any atom is -0.481 e. The molecule has 6 nitrogen and oxygen atoms in total. The van der Waals surface area contributed by atoms with Gasteiger partial charge in [-0.15, -0.1) is 0 Å². The number of halogens is 1. The van der Waals surface area contributed by atoms with Crippen molar-refractivity contribution >= 4 is 29.1 Å². The van der Waals surface area contributed by atoms with Gasteiger partial charge in [-0.2, -0.15) is 0 Å². The second-order valence-electron chi connectivity index (χ2n) is 6.42. The van der Waals surface area contributed by atoms with Crippen molar-refractivity contribution < 1.29 is 23.9 Å². The van der Waals surface area contributed by atoms with E-state index in [-0.39, 0.29) is 18.1 Å². The lowest BCUT2D eigenvalue weighted by Crippen LogP contribution is -2.20. The maximum absolute atomic E-state index is 12.3. The number of aromatic nitrogens is 1. The van der Waals surface area contributed by atoms with Crippen LogP contribution in [0.25, 0.3) is 0 Å². The molecule has 144 valence electrons. The summed E-state index contributed by atoms with van der Waals surface area (Å²) in [5.41, 5.74) is 3.55. The van der Waals surface area contributed by atoms with E-state index in [1.54, 1.807) is 26.0 Å². The molecule has 0 saturated carbocycles. The predicted molar refractivity (Wildman–Crippen MR) is 102 cm³/mol. The van der Waals surface area contributed by atoms with E-state index in [2.05, 4.69) is 4.98 Å². The Morgan fingerprint density at radius 1 is 1.04 bits per heavy atom. The van der Waals surface area contributed by atoms with Crippen molar-refractivity contribution in [3.05, 3.63) is 50.8 Å². The van der Waals surface area contributed by atoms with Crippen molar-refractivity contribution in [2.24, 2.45) is 0 Å². The van der Waals surface area contributed by atoms with E-state index in [0.29, 0.717) is 27.6 Å². The number of rotatable bonds is 7. The van der Waals surface area contributed by atoms with Crippen LogP contribution in [0.2, 0.25) is 5.02 Å². The maximum atomic E-state index is 12.3. The molecule has 2 rings (SSSR count). The molecule has 0 spiro atoms. The Labute approximate surface area is 162 Å². The number of Topliss-reactive ketones (excluding diaryl/α,β-unsaturated/α-hetero) is 2. The SMILES string of the molecule is CC(=O)c1c(C)[nH]c(C(=O)COC(=O)COc2c(C)cc(Cl)cc2C)c1C. The minimum atomic E-state index is -0.662. The van der Waals surface area contributed by atoms with Crippen molar-refractivity contribution in [1.82, 2.24) is 4.98 Å². The maximum Gasteiger partial charge on any atom is 0.344 e. The summed E-state index contributed by atoms with van der Waals surface area (Å²) < 4.78 is 10.5. The Morgan fingerprint density at radius 2 is 1.63 bits per heavy atom. The summed E-state index contributed by atoms with van der Waals surface area (Å²) in [6.45, 7) is 7.74. The molecular weight excluding hydrogens is 370 g/mol. The second kappa shape index (κ2) is 8.39. The molecule has 0 saturated heterocycles. The molecule has 0 aliphatic heterocycles. The first-order chi connectivity index (χ1) is 12.6. The fraction of sp³-hybridized carbons (Fsp3) is 0.350. The number of carbonyl (C=O) groups is 3. The number of hydrogen-bond donors (Lipinski definition) is 1. The first kappa shape index (κ1) is 20.7. The third kappa shape index (κ3) is 4.77. The van der Waals surface area contributed by atoms with Crippen molar-refractivity contribution in [2.75, 3.05) is 13.2 Å². The van der Waals surface area contributed by atoms with Gasteiger partial charge in [0.15, 0.2) is 19.0 Å². The summed E-state index contributed by atoms with van der Waals surface area (Å²) in [5.74, 6) is -0.635.